The average Bonchev–Trinajstić information content (AvgIpc) is 3.85. The number of anilines is 2. The fourth-order valence-corrected chi connectivity index (χ4v) is 8.36. The summed E-state index contributed by atoms with van der Waals surface area (Å²) in [5.41, 5.74) is 4.93. The van der Waals surface area contributed by atoms with Crippen molar-refractivity contribution < 1.29 is 28.8 Å². The van der Waals surface area contributed by atoms with Crippen molar-refractivity contribution in [3.8, 4) is 0 Å². The normalized spacial score (nSPS) is 21.2. The van der Waals surface area contributed by atoms with Crippen LogP contribution in [0.3, 0.4) is 0 Å². The molecule has 11 nitrogen and oxygen atoms in total. The number of imide groups is 1. The summed E-state index contributed by atoms with van der Waals surface area (Å²) in [6, 6.07) is 30.7. The summed E-state index contributed by atoms with van der Waals surface area (Å²) in [5.74, 6) is -1.69. The molecule has 4 heterocycles. The summed E-state index contributed by atoms with van der Waals surface area (Å²) < 4.78 is 0. The van der Waals surface area contributed by atoms with Gasteiger partial charge in [-0.15, -0.1) is 16.8 Å². The van der Waals surface area contributed by atoms with Crippen molar-refractivity contribution in [2.75, 3.05) is 28.7 Å². The fourth-order valence-electron chi connectivity index (χ4n) is 7.00. The minimum atomic E-state index is -1.35. The summed E-state index contributed by atoms with van der Waals surface area (Å²) in [4.78, 5) is 73.5. The number of fused-ring (bicyclic) bond motifs is 3. The van der Waals surface area contributed by atoms with Crippen LogP contribution in [0.4, 0.5) is 11.4 Å². The van der Waals surface area contributed by atoms with E-state index in [1.165, 1.54) is 23.7 Å². The first-order chi connectivity index (χ1) is 23.8. The van der Waals surface area contributed by atoms with Gasteiger partial charge in [0.2, 0.25) is 16.7 Å². The highest BCUT2D eigenvalue weighted by atomic mass is 32.2. The Morgan fingerprint density at radius 1 is 0.857 bits per heavy atom. The molecule has 1 saturated heterocycles. The van der Waals surface area contributed by atoms with Crippen molar-refractivity contribution >= 4 is 58.4 Å². The monoisotopic (exact) mass is 671 g/mol. The van der Waals surface area contributed by atoms with Gasteiger partial charge in [0.15, 0.2) is 0 Å². The molecule has 4 aliphatic heterocycles. The number of thioether (sulfide) groups is 1. The molecule has 4 aromatic carbocycles. The Balaban J connectivity index is 1.04. The maximum atomic E-state index is 14.4. The van der Waals surface area contributed by atoms with E-state index in [-0.39, 0.29) is 53.8 Å². The second-order valence-corrected chi connectivity index (χ2v) is 13.2. The van der Waals surface area contributed by atoms with E-state index in [1.54, 1.807) is 46.2 Å². The molecule has 0 aromatic heterocycles. The van der Waals surface area contributed by atoms with Gasteiger partial charge in [0.05, 0.1) is 47.5 Å². The van der Waals surface area contributed by atoms with E-state index in [1.807, 2.05) is 66.7 Å². The number of carbonyl (C=O) groups is 5. The Bertz CT molecular complexity index is 2050. The number of amides is 5. The third-order valence-corrected chi connectivity index (χ3v) is 10.6. The number of nitrogens with zero attached hydrogens (tertiary/aromatic N) is 5. The van der Waals surface area contributed by atoms with Crippen LogP contribution in [0.15, 0.2) is 108 Å². The van der Waals surface area contributed by atoms with E-state index in [2.05, 4.69) is 5.10 Å². The van der Waals surface area contributed by atoms with Gasteiger partial charge in [-0.3, -0.25) is 33.7 Å². The molecule has 0 saturated carbocycles. The minimum Gasteiger partial charge on any atom is -0.306 e. The molecular formula is C37H29N5O6S. The van der Waals surface area contributed by atoms with Gasteiger partial charge in [-0.05, 0) is 41.5 Å². The zero-order chi connectivity index (χ0) is 33.9. The number of hydrazone groups is 1. The molecule has 1 fully saturated rings. The van der Waals surface area contributed by atoms with Crippen LogP contribution in [-0.4, -0.2) is 64.2 Å². The molecule has 2 unspecified atom stereocenters. The molecule has 4 aromatic rings. The summed E-state index contributed by atoms with van der Waals surface area (Å²) in [6.07, 6.45) is 0.537. The van der Waals surface area contributed by atoms with Gasteiger partial charge in [-0.1, -0.05) is 72.8 Å². The Morgan fingerprint density at radius 3 is 2.20 bits per heavy atom. The lowest BCUT2D eigenvalue weighted by atomic mass is 9.98. The van der Waals surface area contributed by atoms with Gasteiger partial charge in [0.1, 0.15) is 0 Å². The highest BCUT2D eigenvalue weighted by molar-refractivity contribution is 8.02. The standard InChI is InChI=1S/C37H29N5O6S/c1-23(43)41-32(25-9-3-2-4-10-25)21-30(38-41)24-15-17-26(18-16-24)40-33(44)22-49-37(40)29-13-7-8-14-31(29)39(36(37)47)19-20-48-42-34(45)27-11-5-6-12-28(27)35(42)46/h2-18,32H,19-22H2,1H3. The summed E-state index contributed by atoms with van der Waals surface area (Å²) in [5, 5.41) is 6.90. The van der Waals surface area contributed by atoms with Crippen LogP contribution in [-0.2, 0) is 24.1 Å². The molecular weight excluding hydrogens is 643 g/mol. The maximum absolute atomic E-state index is 14.4. The molecule has 0 bridgehead atoms. The van der Waals surface area contributed by atoms with Crippen LogP contribution < -0.4 is 9.80 Å². The molecule has 0 N–H and O–H groups in total. The molecule has 5 amide bonds. The number of para-hydroxylation sites is 1. The van der Waals surface area contributed by atoms with Gasteiger partial charge >= 0.3 is 0 Å². The SMILES string of the molecule is CC(=O)N1N=C(c2ccc(N3C(=O)CSC34C(=O)N(CCON3C(=O)c5ccccc5C3=O)c3ccccc34)cc2)CC1c1ccccc1. The van der Waals surface area contributed by atoms with Crippen molar-refractivity contribution in [1.29, 1.82) is 0 Å². The van der Waals surface area contributed by atoms with Crippen LogP contribution in [0.2, 0.25) is 0 Å². The van der Waals surface area contributed by atoms with Crippen molar-refractivity contribution in [3.05, 3.63) is 131 Å². The van der Waals surface area contributed by atoms with Gasteiger partial charge < -0.3 is 4.90 Å². The summed E-state index contributed by atoms with van der Waals surface area (Å²) in [6.45, 7) is 1.41. The molecule has 244 valence electrons. The molecule has 4 aliphatic rings. The fraction of sp³-hybridized carbons (Fsp3) is 0.189. The first-order valence-corrected chi connectivity index (χ1v) is 16.8. The lowest BCUT2D eigenvalue weighted by molar-refractivity contribution is -0.130. The van der Waals surface area contributed by atoms with Crippen LogP contribution in [0, 0.1) is 0 Å². The molecule has 49 heavy (non-hydrogen) atoms. The van der Waals surface area contributed by atoms with Gasteiger partial charge in [-0.2, -0.15) is 5.10 Å². The number of carbonyl (C=O) groups excluding carboxylic acids is 5. The van der Waals surface area contributed by atoms with Gasteiger partial charge in [0, 0.05) is 24.6 Å². The van der Waals surface area contributed by atoms with E-state index < -0.39 is 16.7 Å². The quantitative estimate of drug-likeness (QED) is 0.257. The highest BCUT2D eigenvalue weighted by Crippen LogP contribution is 2.55. The molecule has 0 aliphatic carbocycles. The average molecular weight is 672 g/mol. The largest absolute Gasteiger partial charge is 0.306 e. The number of hydrogen-bond donors (Lipinski definition) is 0. The lowest BCUT2D eigenvalue weighted by Gasteiger charge is -2.33. The third-order valence-electron chi connectivity index (χ3n) is 9.23. The lowest BCUT2D eigenvalue weighted by Crippen LogP contribution is -2.50. The van der Waals surface area contributed by atoms with Crippen LogP contribution >= 0.6 is 11.8 Å². The predicted molar refractivity (Wildman–Crippen MR) is 183 cm³/mol. The van der Waals surface area contributed by atoms with E-state index >= 15 is 0 Å². The molecule has 2 atom stereocenters. The Morgan fingerprint density at radius 2 is 1.51 bits per heavy atom. The summed E-state index contributed by atoms with van der Waals surface area (Å²) in [7, 11) is 0. The van der Waals surface area contributed by atoms with Crippen molar-refractivity contribution in [3.63, 3.8) is 0 Å². The maximum Gasteiger partial charge on any atom is 0.285 e. The smallest absolute Gasteiger partial charge is 0.285 e. The number of hydroxylamine groups is 2. The first kappa shape index (κ1) is 30.7. The first-order valence-electron chi connectivity index (χ1n) is 15.8. The van der Waals surface area contributed by atoms with Crippen LogP contribution in [0.1, 0.15) is 56.8 Å². The van der Waals surface area contributed by atoms with Crippen LogP contribution in [0.5, 0.6) is 0 Å². The molecule has 8 rings (SSSR count). The Kier molecular flexibility index (Phi) is 7.42. The molecule has 1 spiro atoms. The third kappa shape index (κ3) is 4.78. The number of rotatable bonds is 7. The second-order valence-electron chi connectivity index (χ2n) is 12.0. The highest BCUT2D eigenvalue weighted by Gasteiger charge is 2.61. The predicted octanol–water partition coefficient (Wildman–Crippen LogP) is 4.89. The van der Waals surface area contributed by atoms with Crippen molar-refractivity contribution in [2.24, 2.45) is 5.10 Å². The zero-order valence-electron chi connectivity index (χ0n) is 26.3. The zero-order valence-corrected chi connectivity index (χ0v) is 27.1. The minimum absolute atomic E-state index is 0.0432. The molecule has 0 radical (unpaired) electrons. The number of hydrogen-bond acceptors (Lipinski definition) is 8. The van der Waals surface area contributed by atoms with E-state index in [9.17, 15) is 24.0 Å². The second kappa shape index (κ2) is 11.8. The van der Waals surface area contributed by atoms with E-state index in [0.717, 1.165) is 21.9 Å². The number of benzene rings is 4. The van der Waals surface area contributed by atoms with E-state index in [4.69, 9.17) is 4.84 Å². The topological polar surface area (TPSA) is 120 Å². The van der Waals surface area contributed by atoms with Crippen molar-refractivity contribution in [1.82, 2.24) is 10.1 Å². The Hall–Kier alpha value is -5.59. The van der Waals surface area contributed by atoms with Gasteiger partial charge in [-0.25, -0.2) is 5.01 Å². The van der Waals surface area contributed by atoms with E-state index in [0.29, 0.717) is 23.4 Å². The molecule has 12 heteroatoms. The summed E-state index contributed by atoms with van der Waals surface area (Å²) >= 11 is 1.26. The van der Waals surface area contributed by atoms with Crippen LogP contribution in [0.25, 0.3) is 0 Å². The van der Waals surface area contributed by atoms with Gasteiger partial charge in [0.25, 0.3) is 17.7 Å². The Labute approximate surface area is 285 Å². The van der Waals surface area contributed by atoms with Crippen molar-refractivity contribution in [2.45, 2.75) is 24.3 Å².